The summed E-state index contributed by atoms with van der Waals surface area (Å²) < 4.78 is 14.4. The molecular weight excluding hydrogens is 358 g/mol. The third kappa shape index (κ3) is 3.44. The van der Waals surface area contributed by atoms with Crippen LogP contribution in [0.1, 0.15) is 37.1 Å². The fourth-order valence-electron chi connectivity index (χ4n) is 1.66. The number of rotatable bonds is 4. The number of hydrogen-bond donors (Lipinski definition) is 0. The molecule has 4 heteroatoms. The van der Waals surface area contributed by atoms with Crippen molar-refractivity contribution >= 4 is 43.5 Å². The Hall–Kier alpha value is 0.400. The zero-order chi connectivity index (χ0) is 12.3. The molecule has 0 saturated carbocycles. The van der Waals surface area contributed by atoms with Gasteiger partial charge in [0.05, 0.1) is 5.02 Å². The SMILES string of the molecule is CCCC(C)C(Br)c1cc(Cl)c(Br)cc1F. The lowest BCUT2D eigenvalue weighted by atomic mass is 9.96. The molecule has 0 spiro atoms. The van der Waals surface area contributed by atoms with Gasteiger partial charge in [-0.15, -0.1) is 0 Å². The highest BCUT2D eigenvalue weighted by atomic mass is 79.9. The first-order valence-electron chi connectivity index (χ1n) is 5.25. The summed E-state index contributed by atoms with van der Waals surface area (Å²) in [6.45, 7) is 4.24. The molecule has 2 atom stereocenters. The molecule has 0 N–H and O–H groups in total. The van der Waals surface area contributed by atoms with E-state index < -0.39 is 0 Å². The van der Waals surface area contributed by atoms with Crippen LogP contribution in [0, 0.1) is 11.7 Å². The van der Waals surface area contributed by atoms with Crippen molar-refractivity contribution < 1.29 is 4.39 Å². The first-order valence-corrected chi connectivity index (χ1v) is 7.34. The molecule has 16 heavy (non-hydrogen) atoms. The minimum atomic E-state index is -0.221. The van der Waals surface area contributed by atoms with Crippen molar-refractivity contribution in [2.45, 2.75) is 31.5 Å². The van der Waals surface area contributed by atoms with E-state index in [1.807, 2.05) is 0 Å². The Bertz CT molecular complexity index is 368. The lowest BCUT2D eigenvalue weighted by Gasteiger charge is -2.19. The molecule has 0 aliphatic rings. The molecular formula is C12H14Br2ClF. The van der Waals surface area contributed by atoms with Gasteiger partial charge < -0.3 is 0 Å². The van der Waals surface area contributed by atoms with Crippen molar-refractivity contribution in [1.29, 1.82) is 0 Å². The Labute approximate surface area is 118 Å². The number of benzene rings is 1. The van der Waals surface area contributed by atoms with Crippen molar-refractivity contribution in [1.82, 2.24) is 0 Å². The predicted octanol–water partition coefficient (Wildman–Crippen LogP) is 6.11. The summed E-state index contributed by atoms with van der Waals surface area (Å²) in [4.78, 5) is 0.0121. The lowest BCUT2D eigenvalue weighted by Crippen LogP contribution is -2.05. The van der Waals surface area contributed by atoms with Crippen LogP contribution in [0.5, 0.6) is 0 Å². The van der Waals surface area contributed by atoms with E-state index in [9.17, 15) is 4.39 Å². The topological polar surface area (TPSA) is 0 Å². The molecule has 1 rings (SSSR count). The first kappa shape index (κ1) is 14.5. The van der Waals surface area contributed by atoms with Crippen molar-refractivity contribution in [3.8, 4) is 0 Å². The van der Waals surface area contributed by atoms with Gasteiger partial charge in [-0.25, -0.2) is 4.39 Å². The highest BCUT2D eigenvalue weighted by Gasteiger charge is 2.20. The summed E-state index contributed by atoms with van der Waals surface area (Å²) in [5.74, 6) is 0.165. The Balaban J connectivity index is 2.99. The summed E-state index contributed by atoms with van der Waals surface area (Å²) in [7, 11) is 0. The molecule has 0 nitrogen and oxygen atoms in total. The van der Waals surface area contributed by atoms with Crippen LogP contribution >= 0.6 is 43.5 Å². The van der Waals surface area contributed by atoms with Gasteiger partial charge in [-0.3, -0.25) is 0 Å². The van der Waals surface area contributed by atoms with Crippen molar-refractivity contribution in [3.05, 3.63) is 33.0 Å². The van der Waals surface area contributed by atoms with Crippen LogP contribution in [0.4, 0.5) is 4.39 Å². The van der Waals surface area contributed by atoms with Gasteiger partial charge in [-0.05, 0) is 40.4 Å². The summed E-state index contributed by atoms with van der Waals surface area (Å²) >= 11 is 12.7. The molecule has 0 fully saturated rings. The van der Waals surface area contributed by atoms with E-state index in [-0.39, 0.29) is 10.6 Å². The molecule has 0 amide bonds. The summed E-state index contributed by atoms with van der Waals surface area (Å²) in [5, 5.41) is 0.546. The van der Waals surface area contributed by atoms with Gasteiger partial charge in [0.2, 0.25) is 0 Å². The van der Waals surface area contributed by atoms with Crippen LogP contribution in [0.15, 0.2) is 16.6 Å². The molecule has 0 aromatic heterocycles. The van der Waals surface area contributed by atoms with Crippen LogP contribution in [0.3, 0.4) is 0 Å². The average Bonchev–Trinajstić information content (AvgIpc) is 2.23. The van der Waals surface area contributed by atoms with Gasteiger partial charge in [-0.2, -0.15) is 0 Å². The molecule has 0 aliphatic heterocycles. The van der Waals surface area contributed by atoms with Gasteiger partial charge in [-0.1, -0.05) is 47.8 Å². The second-order valence-corrected chi connectivity index (χ2v) is 6.20. The van der Waals surface area contributed by atoms with E-state index in [0.717, 1.165) is 12.8 Å². The predicted molar refractivity (Wildman–Crippen MR) is 74.9 cm³/mol. The van der Waals surface area contributed by atoms with Gasteiger partial charge in [0.25, 0.3) is 0 Å². The van der Waals surface area contributed by atoms with Crippen molar-refractivity contribution in [2.24, 2.45) is 5.92 Å². The van der Waals surface area contributed by atoms with Crippen molar-refractivity contribution in [2.75, 3.05) is 0 Å². The van der Waals surface area contributed by atoms with E-state index in [1.165, 1.54) is 6.07 Å². The smallest absolute Gasteiger partial charge is 0.128 e. The zero-order valence-corrected chi connectivity index (χ0v) is 13.2. The molecule has 1 aromatic carbocycles. The number of alkyl halides is 1. The second kappa shape index (κ2) is 6.36. The van der Waals surface area contributed by atoms with Crippen LogP contribution in [0.2, 0.25) is 5.02 Å². The third-order valence-corrected chi connectivity index (χ3v) is 5.17. The van der Waals surface area contributed by atoms with E-state index in [1.54, 1.807) is 6.07 Å². The summed E-state index contributed by atoms with van der Waals surface area (Å²) in [6.07, 6.45) is 2.15. The first-order chi connectivity index (χ1) is 7.47. The third-order valence-electron chi connectivity index (χ3n) is 2.58. The monoisotopic (exact) mass is 370 g/mol. The molecule has 2 unspecified atom stereocenters. The zero-order valence-electron chi connectivity index (χ0n) is 9.24. The highest BCUT2D eigenvalue weighted by molar-refractivity contribution is 9.10. The van der Waals surface area contributed by atoms with E-state index in [2.05, 4.69) is 45.7 Å². The standard InChI is InChI=1S/C12H14Br2ClF/c1-3-4-7(2)12(14)8-5-10(15)9(13)6-11(8)16/h5-7,12H,3-4H2,1-2H3. The van der Waals surface area contributed by atoms with Crippen molar-refractivity contribution in [3.63, 3.8) is 0 Å². The van der Waals surface area contributed by atoms with E-state index in [4.69, 9.17) is 11.6 Å². The maximum Gasteiger partial charge on any atom is 0.128 e. The fourth-order valence-corrected chi connectivity index (χ4v) is 2.76. The molecule has 0 bridgehead atoms. The summed E-state index contributed by atoms with van der Waals surface area (Å²) in [5.41, 5.74) is 0.633. The second-order valence-electron chi connectivity index (χ2n) is 3.96. The average molecular weight is 373 g/mol. The quantitative estimate of drug-likeness (QED) is 0.442. The van der Waals surface area contributed by atoms with Gasteiger partial charge in [0, 0.05) is 14.9 Å². The van der Waals surface area contributed by atoms with Crippen LogP contribution < -0.4 is 0 Å². The minimum Gasteiger partial charge on any atom is -0.207 e. The minimum absolute atomic E-state index is 0.0121. The maximum atomic E-state index is 13.8. The van der Waals surface area contributed by atoms with Gasteiger partial charge in [0.15, 0.2) is 0 Å². The highest BCUT2D eigenvalue weighted by Crippen LogP contribution is 2.38. The fraction of sp³-hybridized carbons (Fsp3) is 0.500. The number of halogens is 4. The number of hydrogen-bond acceptors (Lipinski definition) is 0. The molecule has 90 valence electrons. The molecule has 1 aromatic rings. The van der Waals surface area contributed by atoms with Gasteiger partial charge in [0.1, 0.15) is 5.82 Å². The normalized spacial score (nSPS) is 14.9. The van der Waals surface area contributed by atoms with Crippen LogP contribution in [0.25, 0.3) is 0 Å². The molecule has 0 saturated heterocycles. The summed E-state index contributed by atoms with van der Waals surface area (Å²) in [6, 6.07) is 3.11. The van der Waals surface area contributed by atoms with Crippen LogP contribution in [-0.4, -0.2) is 0 Å². The lowest BCUT2D eigenvalue weighted by molar-refractivity contribution is 0.500. The molecule has 0 heterocycles. The largest absolute Gasteiger partial charge is 0.207 e. The Morgan fingerprint density at radius 3 is 2.62 bits per heavy atom. The van der Waals surface area contributed by atoms with Crippen LogP contribution in [-0.2, 0) is 0 Å². The molecule has 0 radical (unpaired) electrons. The Morgan fingerprint density at radius 1 is 1.44 bits per heavy atom. The maximum absolute atomic E-state index is 13.8. The molecule has 0 aliphatic carbocycles. The van der Waals surface area contributed by atoms with E-state index in [0.29, 0.717) is 21.0 Å². The van der Waals surface area contributed by atoms with E-state index >= 15 is 0 Å². The Morgan fingerprint density at radius 2 is 2.06 bits per heavy atom. The Kier molecular flexibility index (Phi) is 5.75. The van der Waals surface area contributed by atoms with Gasteiger partial charge >= 0.3 is 0 Å².